The van der Waals surface area contributed by atoms with Gasteiger partial charge in [-0.1, -0.05) is 83.9 Å². The van der Waals surface area contributed by atoms with Gasteiger partial charge < -0.3 is 10.2 Å². The number of hydrogen-bond donors (Lipinski definition) is 1. The van der Waals surface area contributed by atoms with E-state index >= 15 is 0 Å². The number of nitrogens with one attached hydrogen (secondary N) is 1. The van der Waals surface area contributed by atoms with Crippen molar-refractivity contribution in [2.24, 2.45) is 0 Å². The molecule has 3 rings (SSSR count). The van der Waals surface area contributed by atoms with Crippen LogP contribution in [0.5, 0.6) is 0 Å². The quantitative estimate of drug-likeness (QED) is 0.430. The van der Waals surface area contributed by atoms with Gasteiger partial charge in [0, 0.05) is 30.8 Å². The van der Waals surface area contributed by atoms with Crippen molar-refractivity contribution in [1.82, 2.24) is 10.2 Å². The maximum absolute atomic E-state index is 13.4. The van der Waals surface area contributed by atoms with Gasteiger partial charge in [0.25, 0.3) is 0 Å². The molecule has 172 valence electrons. The minimum atomic E-state index is -0.622. The molecular formula is C27H29ClN2O2S. The molecule has 0 saturated carbocycles. The summed E-state index contributed by atoms with van der Waals surface area (Å²) in [5.74, 6) is 0.772. The zero-order chi connectivity index (χ0) is 23.6. The number of rotatable bonds is 10. The van der Waals surface area contributed by atoms with Crippen LogP contribution in [0.15, 0.2) is 78.9 Å². The fraction of sp³-hybridized carbons (Fsp3) is 0.259. The van der Waals surface area contributed by atoms with E-state index in [1.54, 1.807) is 29.8 Å². The van der Waals surface area contributed by atoms with Gasteiger partial charge in [-0.25, -0.2) is 0 Å². The second-order valence-electron chi connectivity index (χ2n) is 7.95. The number of amides is 2. The Balaban J connectivity index is 1.81. The second kappa shape index (κ2) is 12.5. The summed E-state index contributed by atoms with van der Waals surface area (Å²) in [7, 11) is 1.61. The third kappa shape index (κ3) is 7.65. The summed E-state index contributed by atoms with van der Waals surface area (Å²) in [6.45, 7) is 2.37. The second-order valence-corrected chi connectivity index (χ2v) is 9.38. The van der Waals surface area contributed by atoms with Crippen LogP contribution in [0, 0.1) is 6.92 Å². The van der Waals surface area contributed by atoms with E-state index < -0.39 is 6.04 Å². The molecule has 0 heterocycles. The van der Waals surface area contributed by atoms with Crippen LogP contribution in [0.2, 0.25) is 5.02 Å². The Morgan fingerprint density at radius 1 is 0.939 bits per heavy atom. The first kappa shape index (κ1) is 24.9. The number of benzene rings is 3. The molecule has 0 aliphatic heterocycles. The lowest BCUT2D eigenvalue weighted by molar-refractivity contribution is -0.139. The Morgan fingerprint density at radius 3 is 2.33 bits per heavy atom. The molecule has 0 saturated heterocycles. The van der Waals surface area contributed by atoms with Crippen molar-refractivity contribution >= 4 is 35.2 Å². The van der Waals surface area contributed by atoms with Crippen LogP contribution in [0.4, 0.5) is 0 Å². The number of halogens is 1. The standard InChI is InChI=1S/C27H29ClN2O2S/c1-20-8-6-12-23(14-20)18-33-19-26(31)30(17-22-11-7-13-24(28)15-22)25(27(32)29-2)16-21-9-4-3-5-10-21/h3-15,25H,16-19H2,1-2H3,(H,29,32). The number of aryl methyl sites for hydroxylation is 1. The van der Waals surface area contributed by atoms with Crippen LogP contribution >= 0.6 is 23.4 Å². The van der Waals surface area contributed by atoms with Gasteiger partial charge in [0.2, 0.25) is 11.8 Å². The summed E-state index contributed by atoms with van der Waals surface area (Å²) in [4.78, 5) is 28.0. The molecule has 4 nitrogen and oxygen atoms in total. The molecule has 0 fully saturated rings. The highest BCUT2D eigenvalue weighted by molar-refractivity contribution is 7.99. The van der Waals surface area contributed by atoms with Crippen molar-refractivity contribution in [3.63, 3.8) is 0 Å². The molecular weight excluding hydrogens is 452 g/mol. The molecule has 1 N–H and O–H groups in total. The third-order valence-electron chi connectivity index (χ3n) is 5.34. The molecule has 0 aliphatic carbocycles. The molecule has 3 aromatic carbocycles. The van der Waals surface area contributed by atoms with E-state index in [2.05, 4.69) is 30.4 Å². The molecule has 2 amide bonds. The Kier molecular flexibility index (Phi) is 9.40. The third-order valence-corrected chi connectivity index (χ3v) is 6.56. The van der Waals surface area contributed by atoms with Gasteiger partial charge in [-0.2, -0.15) is 0 Å². The van der Waals surface area contributed by atoms with Crippen molar-refractivity contribution in [3.05, 3.63) is 106 Å². The van der Waals surface area contributed by atoms with Gasteiger partial charge in [0.1, 0.15) is 6.04 Å². The Morgan fingerprint density at radius 2 is 1.64 bits per heavy atom. The summed E-state index contributed by atoms with van der Waals surface area (Å²) in [6, 6.07) is 24.9. The molecule has 33 heavy (non-hydrogen) atoms. The minimum Gasteiger partial charge on any atom is -0.357 e. The van der Waals surface area contributed by atoms with Crippen LogP contribution < -0.4 is 5.32 Å². The number of thioether (sulfide) groups is 1. The zero-order valence-corrected chi connectivity index (χ0v) is 20.5. The fourth-order valence-corrected chi connectivity index (χ4v) is 4.76. The SMILES string of the molecule is CNC(=O)C(Cc1ccccc1)N(Cc1cccc(Cl)c1)C(=O)CSCc1cccc(C)c1. The fourth-order valence-electron chi connectivity index (χ4n) is 3.69. The molecule has 6 heteroatoms. The van der Waals surface area contributed by atoms with E-state index in [1.165, 1.54) is 11.1 Å². The first-order valence-corrected chi connectivity index (χ1v) is 12.4. The number of nitrogens with zero attached hydrogens (tertiary/aromatic N) is 1. The van der Waals surface area contributed by atoms with Crippen molar-refractivity contribution in [2.75, 3.05) is 12.8 Å². The van der Waals surface area contributed by atoms with Crippen molar-refractivity contribution in [1.29, 1.82) is 0 Å². The van der Waals surface area contributed by atoms with Gasteiger partial charge in [-0.05, 0) is 35.7 Å². The number of likely N-dealkylation sites (N-methyl/N-ethyl adjacent to an activating group) is 1. The predicted octanol–water partition coefficient (Wildman–Crippen LogP) is 5.27. The molecule has 0 spiro atoms. The Hall–Kier alpha value is -2.76. The average Bonchev–Trinajstić information content (AvgIpc) is 2.81. The van der Waals surface area contributed by atoms with Gasteiger partial charge >= 0.3 is 0 Å². The summed E-state index contributed by atoms with van der Waals surface area (Å²) >= 11 is 7.74. The Bertz CT molecular complexity index is 1070. The Labute approximate surface area is 205 Å². The summed E-state index contributed by atoms with van der Waals surface area (Å²) < 4.78 is 0. The molecule has 0 bridgehead atoms. The first-order valence-electron chi connectivity index (χ1n) is 10.9. The van der Waals surface area contributed by atoms with E-state index in [-0.39, 0.29) is 17.6 Å². The van der Waals surface area contributed by atoms with Gasteiger partial charge in [0.15, 0.2) is 0 Å². The average molecular weight is 481 g/mol. The van der Waals surface area contributed by atoms with E-state index in [9.17, 15) is 9.59 Å². The largest absolute Gasteiger partial charge is 0.357 e. The maximum atomic E-state index is 13.4. The van der Waals surface area contributed by atoms with Crippen molar-refractivity contribution in [3.8, 4) is 0 Å². The summed E-state index contributed by atoms with van der Waals surface area (Å²) in [5.41, 5.74) is 4.27. The summed E-state index contributed by atoms with van der Waals surface area (Å²) in [6.07, 6.45) is 0.440. The molecule has 1 atom stereocenters. The van der Waals surface area contributed by atoms with Crippen LogP contribution in [0.1, 0.15) is 22.3 Å². The highest BCUT2D eigenvalue weighted by atomic mass is 35.5. The van der Waals surface area contributed by atoms with Crippen LogP contribution in [-0.2, 0) is 28.3 Å². The molecule has 1 unspecified atom stereocenters. The van der Waals surface area contributed by atoms with E-state index in [0.717, 1.165) is 16.9 Å². The zero-order valence-electron chi connectivity index (χ0n) is 19.0. The topological polar surface area (TPSA) is 49.4 Å². The molecule has 0 aromatic heterocycles. The monoisotopic (exact) mass is 480 g/mol. The van der Waals surface area contributed by atoms with Crippen LogP contribution in [-0.4, -0.2) is 35.6 Å². The summed E-state index contributed by atoms with van der Waals surface area (Å²) in [5, 5.41) is 3.35. The van der Waals surface area contributed by atoms with E-state index in [0.29, 0.717) is 18.0 Å². The minimum absolute atomic E-state index is 0.0721. The highest BCUT2D eigenvalue weighted by Crippen LogP contribution is 2.20. The van der Waals surface area contributed by atoms with Gasteiger partial charge in [0.05, 0.1) is 5.75 Å². The van der Waals surface area contributed by atoms with Crippen molar-refractivity contribution in [2.45, 2.75) is 31.7 Å². The number of carbonyl (C=O) groups excluding carboxylic acids is 2. The van der Waals surface area contributed by atoms with Crippen LogP contribution in [0.3, 0.4) is 0 Å². The lowest BCUT2D eigenvalue weighted by Gasteiger charge is -2.31. The highest BCUT2D eigenvalue weighted by Gasteiger charge is 2.29. The lowest BCUT2D eigenvalue weighted by atomic mass is 10.0. The predicted molar refractivity (Wildman–Crippen MR) is 137 cm³/mol. The molecule has 0 aliphatic rings. The normalized spacial score (nSPS) is 11.6. The van der Waals surface area contributed by atoms with Crippen molar-refractivity contribution < 1.29 is 9.59 Å². The molecule has 3 aromatic rings. The van der Waals surface area contributed by atoms with Gasteiger partial charge in [-0.3, -0.25) is 9.59 Å². The first-order chi connectivity index (χ1) is 16.0. The van der Waals surface area contributed by atoms with Gasteiger partial charge in [-0.15, -0.1) is 11.8 Å². The maximum Gasteiger partial charge on any atom is 0.242 e. The molecule has 0 radical (unpaired) electrons. The van der Waals surface area contributed by atoms with E-state index in [4.69, 9.17) is 11.6 Å². The number of carbonyl (C=O) groups is 2. The van der Waals surface area contributed by atoms with E-state index in [1.807, 2.05) is 54.6 Å². The smallest absolute Gasteiger partial charge is 0.242 e. The number of hydrogen-bond acceptors (Lipinski definition) is 3. The van der Waals surface area contributed by atoms with Crippen LogP contribution in [0.25, 0.3) is 0 Å². The lowest BCUT2D eigenvalue weighted by Crippen LogP contribution is -2.50.